The van der Waals surface area contributed by atoms with E-state index < -0.39 is 17.5 Å². The Bertz CT molecular complexity index is 619. The molecule has 0 aromatic heterocycles. The van der Waals surface area contributed by atoms with Gasteiger partial charge in [0.1, 0.15) is 18.2 Å². The lowest BCUT2D eigenvalue weighted by molar-refractivity contribution is 0.287. The fraction of sp³-hybridized carbons (Fsp3) is 0.0769. The largest absolute Gasteiger partial charge is 0.486 e. The van der Waals surface area contributed by atoms with Crippen molar-refractivity contribution in [2.24, 2.45) is 0 Å². The van der Waals surface area contributed by atoms with E-state index in [1.165, 1.54) is 12.1 Å². The van der Waals surface area contributed by atoms with Crippen LogP contribution in [-0.2, 0) is 6.61 Å². The smallest absolute Gasteiger partial charge is 0.167 e. The van der Waals surface area contributed by atoms with Crippen LogP contribution < -0.4 is 10.5 Å². The molecular weight excluding hydrogens is 323 g/mol. The van der Waals surface area contributed by atoms with Crippen LogP contribution >= 0.6 is 15.9 Å². The zero-order chi connectivity index (χ0) is 14.0. The number of hydrogen-bond donors (Lipinski definition) is 1. The number of rotatable bonds is 3. The van der Waals surface area contributed by atoms with Crippen LogP contribution in [0.3, 0.4) is 0 Å². The van der Waals surface area contributed by atoms with Crippen LogP contribution in [-0.4, -0.2) is 0 Å². The SMILES string of the molecule is Nc1cc(F)c(OCc2cccc(F)c2Br)cc1F. The lowest BCUT2D eigenvalue weighted by Crippen LogP contribution is -2.01. The van der Waals surface area contributed by atoms with Crippen molar-refractivity contribution < 1.29 is 17.9 Å². The predicted molar refractivity (Wildman–Crippen MR) is 69.2 cm³/mol. The fourth-order valence-electron chi connectivity index (χ4n) is 1.47. The number of nitrogen functional groups attached to an aromatic ring is 1. The molecule has 0 aliphatic carbocycles. The van der Waals surface area contributed by atoms with Crippen molar-refractivity contribution in [3.63, 3.8) is 0 Å². The number of ether oxygens (including phenoxy) is 1. The van der Waals surface area contributed by atoms with Crippen LogP contribution in [0.5, 0.6) is 5.75 Å². The average Bonchev–Trinajstić information content (AvgIpc) is 2.37. The van der Waals surface area contributed by atoms with E-state index >= 15 is 0 Å². The Balaban J connectivity index is 2.19. The second-order valence-electron chi connectivity index (χ2n) is 3.81. The standard InChI is InChI=1S/C13H9BrF3NO/c14-13-7(2-1-3-8(13)15)6-19-12-5-9(16)11(18)4-10(12)17/h1-5H,6,18H2. The Morgan fingerprint density at radius 3 is 2.53 bits per heavy atom. The Morgan fingerprint density at radius 2 is 1.79 bits per heavy atom. The number of nitrogens with two attached hydrogens (primary N) is 1. The second-order valence-corrected chi connectivity index (χ2v) is 4.60. The Hall–Kier alpha value is -1.69. The van der Waals surface area contributed by atoms with E-state index in [-0.39, 0.29) is 22.5 Å². The molecule has 0 spiro atoms. The van der Waals surface area contributed by atoms with Gasteiger partial charge in [-0.3, -0.25) is 0 Å². The van der Waals surface area contributed by atoms with Crippen molar-refractivity contribution >= 4 is 21.6 Å². The highest BCUT2D eigenvalue weighted by Gasteiger charge is 2.11. The molecule has 0 saturated heterocycles. The minimum Gasteiger partial charge on any atom is -0.486 e. The summed E-state index contributed by atoms with van der Waals surface area (Å²) in [6.45, 7) is -0.0986. The molecule has 2 rings (SSSR count). The van der Waals surface area contributed by atoms with Crippen LogP contribution in [0.1, 0.15) is 5.56 Å². The Kier molecular flexibility index (Phi) is 3.99. The van der Waals surface area contributed by atoms with Crippen LogP contribution in [0.25, 0.3) is 0 Å². The van der Waals surface area contributed by atoms with E-state index in [9.17, 15) is 13.2 Å². The summed E-state index contributed by atoms with van der Waals surface area (Å²) in [5.41, 5.74) is 5.40. The van der Waals surface area contributed by atoms with Gasteiger partial charge in [-0.1, -0.05) is 12.1 Å². The summed E-state index contributed by atoms with van der Waals surface area (Å²) in [6.07, 6.45) is 0. The molecule has 2 aromatic carbocycles. The predicted octanol–water partition coefficient (Wildman–Crippen LogP) is 4.03. The summed E-state index contributed by atoms with van der Waals surface area (Å²) in [5, 5.41) is 0. The van der Waals surface area contributed by atoms with Gasteiger partial charge in [-0.05, 0) is 22.0 Å². The third-order valence-electron chi connectivity index (χ3n) is 2.47. The van der Waals surface area contributed by atoms with Gasteiger partial charge in [-0.2, -0.15) is 0 Å². The van der Waals surface area contributed by atoms with Crippen LogP contribution in [0, 0.1) is 17.5 Å². The molecule has 0 heterocycles. The number of hydrogen-bond acceptors (Lipinski definition) is 2. The van der Waals surface area contributed by atoms with Gasteiger partial charge in [-0.25, -0.2) is 13.2 Å². The van der Waals surface area contributed by atoms with Crippen LogP contribution in [0.4, 0.5) is 18.9 Å². The molecule has 0 fully saturated rings. The molecule has 0 aliphatic rings. The first-order valence-electron chi connectivity index (χ1n) is 5.29. The van der Waals surface area contributed by atoms with E-state index in [4.69, 9.17) is 10.5 Å². The maximum Gasteiger partial charge on any atom is 0.167 e. The van der Waals surface area contributed by atoms with Crippen molar-refractivity contribution in [1.29, 1.82) is 0 Å². The minimum atomic E-state index is -0.772. The quantitative estimate of drug-likeness (QED) is 0.862. The number of anilines is 1. The van der Waals surface area contributed by atoms with Gasteiger partial charge < -0.3 is 10.5 Å². The molecular formula is C13H9BrF3NO. The lowest BCUT2D eigenvalue weighted by atomic mass is 10.2. The molecule has 0 radical (unpaired) electrons. The average molecular weight is 332 g/mol. The summed E-state index contributed by atoms with van der Waals surface area (Å²) in [6, 6.07) is 6.08. The summed E-state index contributed by atoms with van der Waals surface area (Å²) in [5.74, 6) is -2.27. The van der Waals surface area contributed by atoms with E-state index in [0.29, 0.717) is 5.56 Å². The van der Waals surface area contributed by atoms with Gasteiger partial charge in [-0.15, -0.1) is 0 Å². The Labute approximate surface area is 116 Å². The molecule has 2 nitrogen and oxygen atoms in total. The first kappa shape index (κ1) is 13.7. The summed E-state index contributed by atoms with van der Waals surface area (Å²) in [7, 11) is 0. The van der Waals surface area contributed by atoms with E-state index in [1.807, 2.05) is 0 Å². The Morgan fingerprint density at radius 1 is 1.05 bits per heavy atom. The number of benzene rings is 2. The molecule has 0 aliphatic heterocycles. The highest BCUT2D eigenvalue weighted by Crippen LogP contribution is 2.26. The third-order valence-corrected chi connectivity index (χ3v) is 3.35. The molecule has 2 aromatic rings. The first-order valence-corrected chi connectivity index (χ1v) is 6.08. The zero-order valence-electron chi connectivity index (χ0n) is 9.59. The molecule has 2 N–H and O–H groups in total. The molecule has 0 unspecified atom stereocenters. The minimum absolute atomic E-state index is 0.0986. The van der Waals surface area contributed by atoms with Gasteiger partial charge in [0, 0.05) is 17.7 Å². The third kappa shape index (κ3) is 3.01. The first-order chi connectivity index (χ1) is 8.99. The molecule has 19 heavy (non-hydrogen) atoms. The monoisotopic (exact) mass is 331 g/mol. The molecule has 100 valence electrons. The van der Waals surface area contributed by atoms with Crippen LogP contribution in [0.2, 0.25) is 0 Å². The van der Waals surface area contributed by atoms with Crippen molar-refractivity contribution in [2.75, 3.05) is 5.73 Å². The van der Waals surface area contributed by atoms with Crippen molar-refractivity contribution in [2.45, 2.75) is 6.61 Å². The topological polar surface area (TPSA) is 35.2 Å². The highest BCUT2D eigenvalue weighted by molar-refractivity contribution is 9.10. The molecule has 0 bridgehead atoms. The fourth-order valence-corrected chi connectivity index (χ4v) is 1.85. The summed E-state index contributed by atoms with van der Waals surface area (Å²) < 4.78 is 45.2. The lowest BCUT2D eigenvalue weighted by Gasteiger charge is -2.10. The molecule has 0 amide bonds. The molecule has 0 saturated carbocycles. The van der Waals surface area contributed by atoms with Gasteiger partial charge >= 0.3 is 0 Å². The van der Waals surface area contributed by atoms with Crippen LogP contribution in [0.15, 0.2) is 34.8 Å². The van der Waals surface area contributed by atoms with Crippen molar-refractivity contribution in [3.8, 4) is 5.75 Å². The van der Waals surface area contributed by atoms with Gasteiger partial charge in [0.2, 0.25) is 0 Å². The molecule has 6 heteroatoms. The maximum absolute atomic E-state index is 13.5. The maximum atomic E-state index is 13.5. The van der Waals surface area contributed by atoms with Gasteiger partial charge in [0.25, 0.3) is 0 Å². The second kappa shape index (κ2) is 5.52. The zero-order valence-corrected chi connectivity index (χ0v) is 11.2. The van der Waals surface area contributed by atoms with E-state index in [0.717, 1.165) is 12.1 Å². The van der Waals surface area contributed by atoms with E-state index in [2.05, 4.69) is 15.9 Å². The summed E-state index contributed by atoms with van der Waals surface area (Å²) >= 11 is 3.06. The van der Waals surface area contributed by atoms with Gasteiger partial charge in [0.15, 0.2) is 11.6 Å². The number of halogens is 4. The summed E-state index contributed by atoms with van der Waals surface area (Å²) in [4.78, 5) is 0. The normalized spacial score (nSPS) is 10.5. The van der Waals surface area contributed by atoms with Crippen molar-refractivity contribution in [1.82, 2.24) is 0 Å². The van der Waals surface area contributed by atoms with Crippen molar-refractivity contribution in [3.05, 3.63) is 57.8 Å². The highest BCUT2D eigenvalue weighted by atomic mass is 79.9. The molecule has 0 atom stereocenters. The van der Waals surface area contributed by atoms with E-state index in [1.54, 1.807) is 6.07 Å². The van der Waals surface area contributed by atoms with Gasteiger partial charge in [0.05, 0.1) is 10.2 Å².